The number of hydrogen-bond acceptors (Lipinski definition) is 0. The quantitative estimate of drug-likeness (QED) is 0.614. The van der Waals surface area contributed by atoms with Gasteiger partial charge in [-0.2, -0.15) is 0 Å². The van der Waals surface area contributed by atoms with Crippen LogP contribution in [0.3, 0.4) is 0 Å². The van der Waals surface area contributed by atoms with Crippen molar-refractivity contribution < 1.29 is 26.1 Å². The summed E-state index contributed by atoms with van der Waals surface area (Å²) in [6.45, 7) is 1.94. The van der Waals surface area contributed by atoms with E-state index in [0.717, 1.165) is 36.2 Å². The van der Waals surface area contributed by atoms with Gasteiger partial charge in [-0.25, -0.2) is 8.78 Å². The summed E-state index contributed by atoms with van der Waals surface area (Å²) in [4.78, 5) is 1.41. The van der Waals surface area contributed by atoms with Crippen LogP contribution in [0.25, 0.3) is 5.57 Å². The van der Waals surface area contributed by atoms with E-state index in [1.165, 1.54) is 34.7 Å². The molecule has 0 radical (unpaired) electrons. The Morgan fingerprint density at radius 2 is 1.29 bits per heavy atom. The zero-order valence-corrected chi connectivity index (χ0v) is 16.6. The molecule has 1 N–H and O–H groups in total. The van der Waals surface area contributed by atoms with E-state index in [4.69, 9.17) is 0 Å². The highest BCUT2D eigenvalue weighted by Crippen LogP contribution is 2.24. The summed E-state index contributed by atoms with van der Waals surface area (Å²) in [5.41, 5.74) is 4.19. The van der Waals surface area contributed by atoms with Gasteiger partial charge in [-0.1, -0.05) is 60.7 Å². The maximum atomic E-state index is 13.3. The first-order chi connectivity index (χ1) is 13.1. The summed E-state index contributed by atoms with van der Waals surface area (Å²) < 4.78 is 26.6. The molecule has 0 aliphatic carbocycles. The molecular weight excluding hydrogens is 376 g/mol. The van der Waals surface area contributed by atoms with E-state index < -0.39 is 0 Å². The lowest BCUT2D eigenvalue weighted by Gasteiger charge is -2.14. The molecule has 0 aliphatic heterocycles. The molecule has 3 aromatic carbocycles. The lowest BCUT2D eigenvalue weighted by atomic mass is 9.96. The van der Waals surface area contributed by atoms with Crippen molar-refractivity contribution >= 4 is 5.57 Å². The van der Waals surface area contributed by atoms with Crippen molar-refractivity contribution in [3.05, 3.63) is 113 Å². The Morgan fingerprint density at radius 1 is 0.786 bits per heavy atom. The van der Waals surface area contributed by atoms with Crippen molar-refractivity contribution in [1.82, 2.24) is 0 Å². The number of hydrogen-bond donors (Lipinski definition) is 1. The van der Waals surface area contributed by atoms with Crippen LogP contribution in [0.4, 0.5) is 8.78 Å². The van der Waals surface area contributed by atoms with Gasteiger partial charge >= 0.3 is 0 Å². The van der Waals surface area contributed by atoms with Gasteiger partial charge in [0.1, 0.15) is 18.2 Å². The molecule has 0 heterocycles. The molecule has 3 aromatic rings. The maximum Gasteiger partial charge on any atom is 0.123 e. The minimum Gasteiger partial charge on any atom is -1.00 e. The second kappa shape index (κ2) is 10.7. The Kier molecular flexibility index (Phi) is 8.37. The van der Waals surface area contributed by atoms with Gasteiger partial charge in [0.15, 0.2) is 0 Å². The van der Waals surface area contributed by atoms with E-state index in [-0.39, 0.29) is 24.0 Å². The Bertz CT molecular complexity index is 827. The Morgan fingerprint density at radius 3 is 1.79 bits per heavy atom. The molecule has 0 amide bonds. The van der Waals surface area contributed by atoms with Crippen LogP contribution in [-0.2, 0) is 6.54 Å². The van der Waals surface area contributed by atoms with Crippen molar-refractivity contribution in [3.63, 3.8) is 0 Å². The molecule has 0 aromatic heterocycles. The summed E-state index contributed by atoms with van der Waals surface area (Å²) in [7, 11) is 2.18. The molecule has 4 heteroatoms. The van der Waals surface area contributed by atoms with Gasteiger partial charge in [0, 0.05) is 12.0 Å². The van der Waals surface area contributed by atoms with Gasteiger partial charge in [-0.15, -0.1) is 0 Å². The molecular formula is C24H24ClF2N. The third-order valence-corrected chi connectivity index (χ3v) is 4.58. The normalized spacial score (nSPS) is 11.4. The molecule has 0 saturated heterocycles. The number of rotatable bonds is 7. The highest BCUT2D eigenvalue weighted by Gasteiger charge is 2.08. The first-order valence-electron chi connectivity index (χ1n) is 9.19. The predicted octanol–water partition coefficient (Wildman–Crippen LogP) is 1.51. The standard InChI is InChI=1S/C24H23F2N.ClH/c1-27(18-19-6-3-2-4-7-19)17-5-8-24(20-9-13-22(25)14-10-20)21-11-15-23(26)16-12-21;/h2-4,6-16H,5,17-18H2,1H3;1H. The second-order valence-electron chi connectivity index (χ2n) is 6.79. The van der Waals surface area contributed by atoms with E-state index >= 15 is 0 Å². The Labute approximate surface area is 171 Å². The zero-order chi connectivity index (χ0) is 19.1. The van der Waals surface area contributed by atoms with Crippen LogP contribution in [0, 0.1) is 11.6 Å². The molecule has 1 nitrogen and oxygen atoms in total. The largest absolute Gasteiger partial charge is 1.00 e. The fraction of sp³-hybridized carbons (Fsp3) is 0.167. The summed E-state index contributed by atoms with van der Waals surface area (Å²) in [6, 6.07) is 23.3. The van der Waals surface area contributed by atoms with Crippen molar-refractivity contribution in [1.29, 1.82) is 0 Å². The molecule has 0 bridgehead atoms. The van der Waals surface area contributed by atoms with Gasteiger partial charge in [0.05, 0.1) is 13.6 Å². The Hall–Kier alpha value is -2.49. The molecule has 146 valence electrons. The minimum absolute atomic E-state index is 0. The van der Waals surface area contributed by atoms with Gasteiger partial charge < -0.3 is 17.3 Å². The molecule has 0 aliphatic rings. The topological polar surface area (TPSA) is 4.44 Å². The Balaban J connectivity index is 0.00000280. The highest BCUT2D eigenvalue weighted by molar-refractivity contribution is 5.79. The van der Waals surface area contributed by atoms with Crippen LogP contribution < -0.4 is 17.3 Å². The third-order valence-electron chi connectivity index (χ3n) is 4.58. The van der Waals surface area contributed by atoms with Crippen LogP contribution in [0.15, 0.2) is 84.9 Å². The summed E-state index contributed by atoms with van der Waals surface area (Å²) >= 11 is 0. The number of quaternary nitrogens is 1. The van der Waals surface area contributed by atoms with Crippen LogP contribution >= 0.6 is 0 Å². The monoisotopic (exact) mass is 399 g/mol. The third kappa shape index (κ3) is 6.29. The molecule has 0 fully saturated rings. The molecule has 1 unspecified atom stereocenters. The van der Waals surface area contributed by atoms with Crippen molar-refractivity contribution in [2.24, 2.45) is 0 Å². The van der Waals surface area contributed by atoms with E-state index in [1.54, 1.807) is 24.3 Å². The maximum absolute atomic E-state index is 13.3. The molecule has 3 rings (SSSR count). The van der Waals surface area contributed by atoms with Gasteiger partial charge in [-0.05, 0) is 41.0 Å². The van der Waals surface area contributed by atoms with Crippen LogP contribution in [0.2, 0.25) is 0 Å². The average Bonchev–Trinajstić information content (AvgIpc) is 2.68. The minimum atomic E-state index is -0.260. The summed E-state index contributed by atoms with van der Waals surface area (Å²) in [6.07, 6.45) is 3.04. The van der Waals surface area contributed by atoms with E-state index in [1.807, 2.05) is 6.07 Å². The van der Waals surface area contributed by atoms with E-state index in [2.05, 4.69) is 37.4 Å². The SMILES string of the molecule is C[NH+](CCC=C(c1ccc(F)cc1)c1ccc(F)cc1)Cc1ccccc1.[Cl-]. The van der Waals surface area contributed by atoms with E-state index in [0.29, 0.717) is 0 Å². The highest BCUT2D eigenvalue weighted by atomic mass is 35.5. The van der Waals surface area contributed by atoms with Crippen LogP contribution in [-0.4, -0.2) is 13.6 Å². The van der Waals surface area contributed by atoms with Crippen molar-refractivity contribution in [3.8, 4) is 0 Å². The second-order valence-corrected chi connectivity index (χ2v) is 6.79. The number of nitrogens with one attached hydrogen (secondary N) is 1. The molecule has 28 heavy (non-hydrogen) atoms. The first-order valence-corrected chi connectivity index (χ1v) is 9.19. The van der Waals surface area contributed by atoms with Gasteiger partial charge in [-0.3, -0.25) is 0 Å². The van der Waals surface area contributed by atoms with Gasteiger partial charge in [0.2, 0.25) is 0 Å². The average molecular weight is 400 g/mol. The smallest absolute Gasteiger partial charge is 0.123 e. The van der Waals surface area contributed by atoms with Crippen molar-refractivity contribution in [2.45, 2.75) is 13.0 Å². The summed E-state index contributed by atoms with van der Waals surface area (Å²) in [5, 5.41) is 0. The van der Waals surface area contributed by atoms with E-state index in [9.17, 15) is 8.78 Å². The summed E-state index contributed by atoms with van der Waals surface area (Å²) in [5.74, 6) is -0.520. The lowest BCUT2D eigenvalue weighted by Crippen LogP contribution is -3.07. The predicted molar refractivity (Wildman–Crippen MR) is 106 cm³/mol. The number of halogens is 3. The zero-order valence-electron chi connectivity index (χ0n) is 15.8. The van der Waals surface area contributed by atoms with Crippen LogP contribution in [0.1, 0.15) is 23.1 Å². The van der Waals surface area contributed by atoms with Crippen LogP contribution in [0.5, 0.6) is 0 Å². The lowest BCUT2D eigenvalue weighted by molar-refractivity contribution is -0.893. The fourth-order valence-corrected chi connectivity index (χ4v) is 3.16. The molecule has 0 saturated carbocycles. The number of benzene rings is 3. The van der Waals surface area contributed by atoms with Gasteiger partial charge in [0.25, 0.3) is 0 Å². The van der Waals surface area contributed by atoms with Crippen molar-refractivity contribution in [2.75, 3.05) is 13.6 Å². The fourth-order valence-electron chi connectivity index (χ4n) is 3.16. The molecule has 1 atom stereocenters. The molecule has 0 spiro atoms. The first kappa shape index (κ1) is 21.8.